The molecule has 0 aromatic heterocycles. The third-order valence-corrected chi connectivity index (χ3v) is 13.3. The van der Waals surface area contributed by atoms with Crippen LogP contribution in [0.25, 0.3) is 0 Å². The number of benzene rings is 3. The fraction of sp³-hybridized carbons (Fsp3) is 0.500. The molecule has 0 radical (unpaired) electrons. The number of piperazine rings is 1. The minimum atomic E-state index is -0.494. The molecule has 4 aliphatic rings. The van der Waals surface area contributed by atoms with Gasteiger partial charge in [-0.15, -0.1) is 0 Å². The van der Waals surface area contributed by atoms with Crippen molar-refractivity contribution < 1.29 is 33.3 Å². The highest BCUT2D eigenvalue weighted by Gasteiger charge is 2.63. The number of nitrogens with zero attached hydrogens (tertiary/aromatic N) is 4. The molecule has 12 heteroatoms. The lowest BCUT2D eigenvalue weighted by molar-refractivity contribution is -0.196. The first kappa shape index (κ1) is 42.7. The van der Waals surface area contributed by atoms with E-state index in [0.717, 1.165) is 69.2 Å². The van der Waals surface area contributed by atoms with Gasteiger partial charge < -0.3 is 34.1 Å². The zero-order chi connectivity index (χ0) is 42.8. The van der Waals surface area contributed by atoms with Crippen LogP contribution in [0.1, 0.15) is 79.7 Å². The second kappa shape index (κ2) is 17.7. The van der Waals surface area contributed by atoms with Crippen molar-refractivity contribution in [2.45, 2.75) is 71.6 Å². The number of allylic oxidation sites excluding steroid dienone is 1. The predicted octanol–water partition coefficient (Wildman–Crippen LogP) is 6.71. The number of anilines is 2. The van der Waals surface area contributed by atoms with Gasteiger partial charge in [0.2, 0.25) is 0 Å². The van der Waals surface area contributed by atoms with Crippen LogP contribution in [-0.2, 0) is 9.53 Å². The van der Waals surface area contributed by atoms with Crippen molar-refractivity contribution >= 4 is 28.8 Å². The van der Waals surface area contributed by atoms with Gasteiger partial charge in [-0.05, 0) is 67.3 Å². The van der Waals surface area contributed by atoms with E-state index in [0.29, 0.717) is 59.8 Å². The van der Waals surface area contributed by atoms with Crippen molar-refractivity contribution in [3.63, 3.8) is 0 Å². The number of methoxy groups -OCH3 is 2. The molecule has 1 N–H and O–H groups in total. The van der Waals surface area contributed by atoms with Gasteiger partial charge >= 0.3 is 0 Å². The van der Waals surface area contributed by atoms with Crippen LogP contribution in [0.4, 0.5) is 11.4 Å². The number of ether oxygens (including phenoxy) is 4. The molecule has 3 aromatic rings. The summed E-state index contributed by atoms with van der Waals surface area (Å²) >= 11 is 0. The lowest BCUT2D eigenvalue weighted by Gasteiger charge is -2.63. The van der Waals surface area contributed by atoms with E-state index in [1.807, 2.05) is 24.3 Å². The van der Waals surface area contributed by atoms with Crippen LogP contribution >= 0.6 is 0 Å². The highest BCUT2D eigenvalue weighted by atomic mass is 16.5. The summed E-state index contributed by atoms with van der Waals surface area (Å²) in [5, 5.41) is 12.3. The summed E-state index contributed by atoms with van der Waals surface area (Å²) in [5.41, 5.74) is 4.10. The van der Waals surface area contributed by atoms with E-state index >= 15 is 0 Å². The number of hydrogen-bond acceptors (Lipinski definition) is 11. The number of amides is 1. The number of rotatable bonds is 13. The van der Waals surface area contributed by atoms with Crippen molar-refractivity contribution in [1.29, 1.82) is 5.26 Å². The largest absolute Gasteiger partial charge is 0.496 e. The Morgan fingerprint density at radius 2 is 1.60 bits per heavy atom. The van der Waals surface area contributed by atoms with Crippen molar-refractivity contribution in [2.24, 2.45) is 16.7 Å². The third-order valence-electron chi connectivity index (χ3n) is 13.3. The molecule has 7 rings (SSSR count). The summed E-state index contributed by atoms with van der Waals surface area (Å²) in [6, 6.07) is 20.6. The molecule has 12 nitrogen and oxygen atoms in total. The average Bonchev–Trinajstić information content (AvgIpc) is 3.25. The Bertz CT molecular complexity index is 2120. The molecule has 3 aromatic carbocycles. The summed E-state index contributed by atoms with van der Waals surface area (Å²) in [7, 11) is 3.11. The summed E-state index contributed by atoms with van der Waals surface area (Å²) in [4.78, 5) is 46.4. The summed E-state index contributed by atoms with van der Waals surface area (Å²) in [6.07, 6.45) is 1.99. The van der Waals surface area contributed by atoms with E-state index in [4.69, 9.17) is 18.9 Å². The molecule has 60 heavy (non-hydrogen) atoms. The molecule has 2 aliphatic heterocycles. The molecular weight excluding hydrogens is 759 g/mol. The Kier molecular flexibility index (Phi) is 12.6. The molecule has 1 amide bonds. The first-order valence-electron chi connectivity index (χ1n) is 21.1. The van der Waals surface area contributed by atoms with Crippen LogP contribution in [-0.4, -0.2) is 107 Å². The number of hydrogen-bond donors (Lipinski definition) is 1. The van der Waals surface area contributed by atoms with Crippen LogP contribution in [0.3, 0.4) is 0 Å². The molecule has 2 saturated heterocycles. The van der Waals surface area contributed by atoms with Gasteiger partial charge in [0, 0.05) is 98.6 Å². The normalized spacial score (nSPS) is 23.9. The van der Waals surface area contributed by atoms with Crippen LogP contribution in [0.2, 0.25) is 0 Å². The Balaban J connectivity index is 0.885. The van der Waals surface area contributed by atoms with Gasteiger partial charge in [-0.1, -0.05) is 39.8 Å². The number of ketones is 2. The van der Waals surface area contributed by atoms with E-state index in [2.05, 4.69) is 72.5 Å². The Morgan fingerprint density at radius 3 is 2.27 bits per heavy atom. The van der Waals surface area contributed by atoms with E-state index in [1.165, 1.54) is 0 Å². The molecule has 318 valence electrons. The fourth-order valence-corrected chi connectivity index (χ4v) is 10.1. The van der Waals surface area contributed by atoms with Crippen LogP contribution < -0.4 is 29.3 Å². The van der Waals surface area contributed by atoms with Gasteiger partial charge in [0.05, 0.1) is 44.1 Å². The average molecular weight is 818 g/mol. The molecule has 2 atom stereocenters. The van der Waals surface area contributed by atoms with Gasteiger partial charge in [-0.3, -0.25) is 19.3 Å². The van der Waals surface area contributed by atoms with Gasteiger partial charge in [0.1, 0.15) is 29.4 Å². The highest BCUT2D eigenvalue weighted by molar-refractivity contribution is 6.01. The molecule has 4 fully saturated rings. The second-order valence-corrected chi connectivity index (χ2v) is 17.9. The Morgan fingerprint density at radius 1 is 0.900 bits per heavy atom. The van der Waals surface area contributed by atoms with E-state index < -0.39 is 6.04 Å². The van der Waals surface area contributed by atoms with E-state index in [1.54, 1.807) is 38.5 Å². The number of carbonyl (C=O) groups is 3. The Hall–Kier alpha value is -5.38. The van der Waals surface area contributed by atoms with Crippen molar-refractivity contribution in [1.82, 2.24) is 10.2 Å². The van der Waals surface area contributed by atoms with Crippen molar-refractivity contribution in [3.05, 3.63) is 89.5 Å². The molecule has 0 spiro atoms. The highest BCUT2D eigenvalue weighted by Crippen LogP contribution is 2.62. The topological polar surface area (TPSA) is 134 Å². The number of Topliss-reactive ketones (excluding diaryl/α,β-unsaturated/α-hetero) is 2. The zero-order valence-electron chi connectivity index (χ0n) is 35.9. The smallest absolute Gasteiger partial charge is 0.255 e. The van der Waals surface area contributed by atoms with Gasteiger partial charge in [0.25, 0.3) is 5.91 Å². The second-order valence-electron chi connectivity index (χ2n) is 17.9. The van der Waals surface area contributed by atoms with Gasteiger partial charge in [-0.25, -0.2) is 0 Å². The molecule has 0 bridgehead atoms. The SMILES string of the molecule is C=C1CCC(NC(=O)c2ccc(N3CCN(C[C@H]4CN(c5ccc(C(=O)CC6C(C)(C)C(Oc7ccc(C#N)c(OC)c7)C6(C)C)cc5)CCO4)CC3)cc2OC)C(=O)C1. The van der Waals surface area contributed by atoms with Crippen LogP contribution in [0.5, 0.6) is 17.2 Å². The summed E-state index contributed by atoms with van der Waals surface area (Å²) in [5.74, 6) is 1.57. The van der Waals surface area contributed by atoms with Crippen LogP contribution in [0, 0.1) is 28.1 Å². The quantitative estimate of drug-likeness (QED) is 0.146. The molecule has 2 saturated carbocycles. The Labute approximate surface area is 354 Å². The molecule has 2 aliphatic carbocycles. The minimum absolute atomic E-state index is 0.00184. The fourth-order valence-electron chi connectivity index (χ4n) is 10.1. The number of carbonyl (C=O) groups excluding carboxylic acids is 3. The maximum Gasteiger partial charge on any atom is 0.255 e. The van der Waals surface area contributed by atoms with Crippen molar-refractivity contribution in [3.8, 4) is 23.3 Å². The zero-order valence-corrected chi connectivity index (χ0v) is 35.9. The van der Waals surface area contributed by atoms with E-state index in [-0.39, 0.29) is 46.4 Å². The third kappa shape index (κ3) is 8.89. The molecular formula is C48H59N5O7. The summed E-state index contributed by atoms with van der Waals surface area (Å²) in [6.45, 7) is 19.0. The summed E-state index contributed by atoms with van der Waals surface area (Å²) < 4.78 is 23.8. The maximum absolute atomic E-state index is 13.7. The molecule has 2 heterocycles. The first-order chi connectivity index (χ1) is 28.7. The van der Waals surface area contributed by atoms with Gasteiger partial charge in [0.15, 0.2) is 11.6 Å². The maximum atomic E-state index is 13.7. The van der Waals surface area contributed by atoms with Crippen molar-refractivity contribution in [2.75, 3.05) is 76.4 Å². The lowest BCUT2D eigenvalue weighted by atomic mass is 9.44. The van der Waals surface area contributed by atoms with Crippen LogP contribution in [0.15, 0.2) is 72.8 Å². The van der Waals surface area contributed by atoms with Gasteiger partial charge in [-0.2, -0.15) is 5.26 Å². The molecule has 1 unspecified atom stereocenters. The number of nitrogens with one attached hydrogen (secondary N) is 1. The standard InChI is InChI=1S/C48H59N5O7/c1-31-8-17-39(41(55)24-31)50-45(56)38-16-14-35(25-43(38)58-7)52-20-18-51(19-21-52)29-37-30-53(22-23-59-37)34-12-9-32(10-13-34)40(54)27-44-47(2,3)46(48(44,4)5)60-36-15-11-33(28-49)42(26-36)57-6/h9-16,25-26,37,39,44,46H,1,8,17-24,27,29-30H2,2-7H3,(H,50,56)/t37-,39?,44?,46?/m0/s1. The first-order valence-corrected chi connectivity index (χ1v) is 21.1. The van der Waals surface area contributed by atoms with E-state index in [9.17, 15) is 19.6 Å². The lowest BCUT2D eigenvalue weighted by Crippen LogP contribution is -2.66. The monoisotopic (exact) mass is 817 g/mol. The minimum Gasteiger partial charge on any atom is -0.496 e. The number of morpholine rings is 1. The predicted molar refractivity (Wildman–Crippen MR) is 231 cm³/mol. The number of nitriles is 1.